The van der Waals surface area contributed by atoms with Crippen LogP contribution in [0.2, 0.25) is 5.28 Å². The average Bonchev–Trinajstić information content (AvgIpc) is 3.13. The van der Waals surface area contributed by atoms with Crippen molar-refractivity contribution >= 4 is 23.5 Å². The Kier molecular flexibility index (Phi) is 4.75. The van der Waals surface area contributed by atoms with Crippen molar-refractivity contribution in [1.29, 1.82) is 0 Å². The van der Waals surface area contributed by atoms with Gasteiger partial charge < -0.3 is 14.5 Å². The highest BCUT2D eigenvalue weighted by Gasteiger charge is 2.21. The zero-order valence-electron chi connectivity index (χ0n) is 12.5. The number of halogens is 1. The molecule has 7 heteroatoms. The van der Waals surface area contributed by atoms with Gasteiger partial charge in [-0.25, -0.2) is 0 Å². The predicted octanol–water partition coefficient (Wildman–Crippen LogP) is 1.99. The Labute approximate surface area is 130 Å². The van der Waals surface area contributed by atoms with Crippen LogP contribution in [0.25, 0.3) is 0 Å². The first-order chi connectivity index (χ1) is 10.2. The predicted molar refractivity (Wildman–Crippen MR) is 83.1 cm³/mol. The number of hydrogen-bond acceptors (Lipinski definition) is 6. The molecule has 1 aliphatic carbocycles. The molecule has 1 aliphatic heterocycles. The average molecular weight is 312 g/mol. The first-order valence-electron chi connectivity index (χ1n) is 7.68. The largest absolute Gasteiger partial charge is 0.379 e. The van der Waals surface area contributed by atoms with Crippen LogP contribution in [0.1, 0.15) is 25.7 Å². The van der Waals surface area contributed by atoms with Gasteiger partial charge in [0, 0.05) is 33.3 Å². The lowest BCUT2D eigenvalue weighted by Gasteiger charge is -2.20. The Morgan fingerprint density at radius 2 is 2.00 bits per heavy atom. The smallest absolute Gasteiger partial charge is 0.231 e. The fourth-order valence-corrected chi connectivity index (χ4v) is 2.55. The van der Waals surface area contributed by atoms with Crippen molar-refractivity contribution in [3.05, 3.63) is 5.28 Å². The summed E-state index contributed by atoms with van der Waals surface area (Å²) < 4.78 is 5.65. The first kappa shape index (κ1) is 14.8. The van der Waals surface area contributed by atoms with E-state index >= 15 is 0 Å². The molecular formula is C14H22ClN5O. The van der Waals surface area contributed by atoms with E-state index in [1.165, 1.54) is 25.7 Å². The molecule has 2 heterocycles. The molecule has 1 saturated heterocycles. The summed E-state index contributed by atoms with van der Waals surface area (Å²) in [6.07, 6.45) is 5.00. The van der Waals surface area contributed by atoms with Crippen LogP contribution in [0, 0.1) is 5.92 Å². The number of hydrogen-bond donors (Lipinski definition) is 0. The highest BCUT2D eigenvalue weighted by molar-refractivity contribution is 6.28. The third-order valence-electron chi connectivity index (χ3n) is 3.94. The standard InChI is InChI=1S/C14H22ClN5O/c1-19(8-9-21-10-11-4-5-11)13-16-12(15)17-14(18-13)20-6-2-3-7-20/h11H,2-10H2,1H3. The highest BCUT2D eigenvalue weighted by atomic mass is 35.5. The van der Waals surface area contributed by atoms with E-state index in [0.29, 0.717) is 18.5 Å². The lowest BCUT2D eigenvalue weighted by Crippen LogP contribution is -2.27. The van der Waals surface area contributed by atoms with Crippen LogP contribution in [0.4, 0.5) is 11.9 Å². The zero-order chi connectivity index (χ0) is 14.7. The van der Waals surface area contributed by atoms with Gasteiger partial charge in [0.1, 0.15) is 0 Å². The van der Waals surface area contributed by atoms with Crippen molar-refractivity contribution in [2.24, 2.45) is 5.92 Å². The quantitative estimate of drug-likeness (QED) is 0.718. The molecule has 2 aliphatic rings. The van der Waals surface area contributed by atoms with Gasteiger partial charge >= 0.3 is 0 Å². The Bertz CT molecular complexity index is 476. The molecule has 1 saturated carbocycles. The summed E-state index contributed by atoms with van der Waals surface area (Å²) in [6.45, 7) is 4.31. The van der Waals surface area contributed by atoms with Crippen LogP contribution < -0.4 is 9.80 Å². The van der Waals surface area contributed by atoms with Gasteiger partial charge in [0.2, 0.25) is 17.2 Å². The van der Waals surface area contributed by atoms with E-state index in [1.54, 1.807) is 0 Å². The molecule has 2 fully saturated rings. The van der Waals surface area contributed by atoms with Crippen LogP contribution in [0.5, 0.6) is 0 Å². The molecule has 0 N–H and O–H groups in total. The van der Waals surface area contributed by atoms with Crippen molar-refractivity contribution in [3.63, 3.8) is 0 Å². The van der Waals surface area contributed by atoms with Gasteiger partial charge in [-0.3, -0.25) is 0 Å². The van der Waals surface area contributed by atoms with Crippen LogP contribution in [0.3, 0.4) is 0 Å². The minimum Gasteiger partial charge on any atom is -0.379 e. The second kappa shape index (κ2) is 6.75. The van der Waals surface area contributed by atoms with Gasteiger partial charge in [-0.1, -0.05) is 0 Å². The summed E-state index contributed by atoms with van der Waals surface area (Å²) in [7, 11) is 1.96. The molecule has 116 valence electrons. The molecule has 0 atom stereocenters. The SMILES string of the molecule is CN(CCOCC1CC1)c1nc(Cl)nc(N2CCCC2)n1. The summed E-state index contributed by atoms with van der Waals surface area (Å²) in [5, 5.41) is 0.257. The minimum absolute atomic E-state index is 0.257. The second-order valence-electron chi connectivity index (χ2n) is 5.84. The minimum atomic E-state index is 0.257. The van der Waals surface area contributed by atoms with Crippen molar-refractivity contribution in [2.75, 3.05) is 49.7 Å². The fraction of sp³-hybridized carbons (Fsp3) is 0.786. The summed E-state index contributed by atoms with van der Waals surface area (Å²) in [5.74, 6) is 2.10. The summed E-state index contributed by atoms with van der Waals surface area (Å²) in [4.78, 5) is 17.1. The Morgan fingerprint density at radius 1 is 1.24 bits per heavy atom. The molecule has 0 spiro atoms. The Hall–Kier alpha value is -1.14. The molecule has 21 heavy (non-hydrogen) atoms. The number of aromatic nitrogens is 3. The lowest BCUT2D eigenvalue weighted by molar-refractivity contribution is 0.130. The number of rotatable bonds is 7. The summed E-state index contributed by atoms with van der Waals surface area (Å²) in [5.41, 5.74) is 0. The van der Waals surface area contributed by atoms with E-state index in [4.69, 9.17) is 16.3 Å². The number of likely N-dealkylation sites (N-methyl/N-ethyl adjacent to an activating group) is 1. The zero-order valence-corrected chi connectivity index (χ0v) is 13.2. The molecule has 0 radical (unpaired) electrons. The van der Waals surface area contributed by atoms with E-state index < -0.39 is 0 Å². The van der Waals surface area contributed by atoms with Gasteiger partial charge in [-0.2, -0.15) is 15.0 Å². The summed E-state index contributed by atoms with van der Waals surface area (Å²) in [6, 6.07) is 0. The highest BCUT2D eigenvalue weighted by Crippen LogP contribution is 2.28. The topological polar surface area (TPSA) is 54.4 Å². The van der Waals surface area contributed by atoms with E-state index in [-0.39, 0.29) is 5.28 Å². The van der Waals surface area contributed by atoms with Gasteiger partial charge in [0.25, 0.3) is 0 Å². The maximum absolute atomic E-state index is 6.04. The molecule has 6 nitrogen and oxygen atoms in total. The van der Waals surface area contributed by atoms with Gasteiger partial charge in [0.05, 0.1) is 6.61 Å². The number of ether oxygens (including phenoxy) is 1. The summed E-state index contributed by atoms with van der Waals surface area (Å²) >= 11 is 6.04. The van der Waals surface area contributed by atoms with E-state index in [9.17, 15) is 0 Å². The van der Waals surface area contributed by atoms with Crippen molar-refractivity contribution < 1.29 is 4.74 Å². The number of anilines is 2. The lowest BCUT2D eigenvalue weighted by atomic mass is 10.4. The third-order valence-corrected chi connectivity index (χ3v) is 4.11. The van der Waals surface area contributed by atoms with Crippen LogP contribution >= 0.6 is 11.6 Å². The Balaban J connectivity index is 1.57. The molecule has 1 aromatic heterocycles. The van der Waals surface area contributed by atoms with Crippen molar-refractivity contribution in [1.82, 2.24) is 15.0 Å². The third kappa shape index (κ3) is 4.17. The molecule has 0 amide bonds. The number of nitrogens with zero attached hydrogens (tertiary/aromatic N) is 5. The maximum Gasteiger partial charge on any atom is 0.231 e. The van der Waals surface area contributed by atoms with E-state index in [1.807, 2.05) is 11.9 Å². The molecular weight excluding hydrogens is 290 g/mol. The molecule has 0 aromatic carbocycles. The van der Waals surface area contributed by atoms with Gasteiger partial charge in [-0.15, -0.1) is 0 Å². The van der Waals surface area contributed by atoms with Crippen LogP contribution in [-0.4, -0.2) is 54.8 Å². The van der Waals surface area contributed by atoms with E-state index in [2.05, 4.69) is 19.9 Å². The molecule has 3 rings (SSSR count). The maximum atomic E-state index is 6.04. The second-order valence-corrected chi connectivity index (χ2v) is 6.18. The fourth-order valence-electron chi connectivity index (χ4n) is 2.39. The van der Waals surface area contributed by atoms with E-state index in [0.717, 1.165) is 32.2 Å². The first-order valence-corrected chi connectivity index (χ1v) is 8.05. The molecule has 0 bridgehead atoms. The Morgan fingerprint density at radius 3 is 2.71 bits per heavy atom. The van der Waals surface area contributed by atoms with Gasteiger partial charge in [0.15, 0.2) is 0 Å². The van der Waals surface area contributed by atoms with Gasteiger partial charge in [-0.05, 0) is 43.2 Å². The monoisotopic (exact) mass is 311 g/mol. The normalized spacial score (nSPS) is 18.3. The molecule has 1 aromatic rings. The van der Waals surface area contributed by atoms with Crippen LogP contribution in [-0.2, 0) is 4.74 Å². The van der Waals surface area contributed by atoms with Crippen molar-refractivity contribution in [3.8, 4) is 0 Å². The van der Waals surface area contributed by atoms with Crippen molar-refractivity contribution in [2.45, 2.75) is 25.7 Å². The van der Waals surface area contributed by atoms with Crippen LogP contribution in [0.15, 0.2) is 0 Å². The molecule has 0 unspecified atom stereocenters.